The fourth-order valence-electron chi connectivity index (χ4n) is 2.88. The number of fused-ring (bicyclic) bond motifs is 1. The Hall–Kier alpha value is -3.30. The van der Waals surface area contributed by atoms with Crippen molar-refractivity contribution in [1.82, 2.24) is 14.4 Å². The number of aromatic nitrogens is 3. The molecule has 0 atom stereocenters. The molecular weight excluding hydrogens is 389 g/mol. The minimum atomic E-state index is -4.89. The van der Waals surface area contributed by atoms with Crippen molar-refractivity contribution in [3.05, 3.63) is 48.0 Å². The van der Waals surface area contributed by atoms with Crippen molar-refractivity contribution in [2.24, 2.45) is 0 Å². The van der Waals surface area contributed by atoms with Gasteiger partial charge in [0.05, 0.1) is 12.3 Å². The minimum Gasteiger partial charge on any atom is -0.491 e. The Kier molecular flexibility index (Phi) is 4.77. The van der Waals surface area contributed by atoms with Gasteiger partial charge in [-0.25, -0.2) is 9.97 Å². The Morgan fingerprint density at radius 2 is 2.07 bits per heavy atom. The van der Waals surface area contributed by atoms with Gasteiger partial charge in [-0.15, -0.1) is 13.2 Å². The summed E-state index contributed by atoms with van der Waals surface area (Å²) in [7, 11) is 0. The SMILES string of the molecule is CCOc1cc2nc(C3CC3)cn2cc1NC(=O)c1cccc(OC(F)(F)F)n1. The second-order valence-corrected chi connectivity index (χ2v) is 6.55. The van der Waals surface area contributed by atoms with Crippen molar-refractivity contribution in [2.45, 2.75) is 32.0 Å². The lowest BCUT2D eigenvalue weighted by molar-refractivity contribution is -0.276. The fraction of sp³-hybridized carbons (Fsp3) is 0.316. The van der Waals surface area contributed by atoms with Crippen LogP contribution in [0.3, 0.4) is 0 Å². The summed E-state index contributed by atoms with van der Waals surface area (Å²) >= 11 is 0. The number of nitrogens with zero attached hydrogens (tertiary/aromatic N) is 3. The number of nitrogens with one attached hydrogen (secondary N) is 1. The number of amides is 1. The second kappa shape index (κ2) is 7.26. The Balaban J connectivity index is 1.61. The lowest BCUT2D eigenvalue weighted by atomic mass is 10.3. The maximum Gasteiger partial charge on any atom is 0.574 e. The maximum atomic E-state index is 12.6. The van der Waals surface area contributed by atoms with Gasteiger partial charge in [0.1, 0.15) is 22.8 Å². The van der Waals surface area contributed by atoms with E-state index in [1.165, 1.54) is 12.1 Å². The summed E-state index contributed by atoms with van der Waals surface area (Å²) in [5.74, 6) is -0.539. The van der Waals surface area contributed by atoms with E-state index < -0.39 is 18.1 Å². The standard InChI is InChI=1S/C19H17F3N4O3/c1-2-28-15-8-16-23-13(11-6-7-11)9-26(16)10-14(15)25-18(27)12-4-3-5-17(24-12)29-19(20,21)22/h3-5,8-11H,2,6-7H2,1H3,(H,25,27). The molecule has 1 N–H and O–H groups in total. The van der Waals surface area contributed by atoms with Gasteiger partial charge in [-0.1, -0.05) is 6.07 Å². The van der Waals surface area contributed by atoms with Gasteiger partial charge in [0.2, 0.25) is 5.88 Å². The summed E-state index contributed by atoms with van der Waals surface area (Å²) < 4.78 is 48.3. The van der Waals surface area contributed by atoms with Gasteiger partial charge in [0, 0.05) is 30.4 Å². The largest absolute Gasteiger partial charge is 0.574 e. The first-order chi connectivity index (χ1) is 13.8. The van der Waals surface area contributed by atoms with Crippen molar-refractivity contribution in [2.75, 3.05) is 11.9 Å². The molecule has 7 nitrogen and oxygen atoms in total. The summed E-state index contributed by atoms with van der Waals surface area (Å²) in [6, 6.07) is 5.28. The third-order valence-corrected chi connectivity index (χ3v) is 4.29. The highest BCUT2D eigenvalue weighted by molar-refractivity contribution is 6.03. The number of hydrogen-bond acceptors (Lipinski definition) is 5. The van der Waals surface area contributed by atoms with Gasteiger partial charge in [-0.3, -0.25) is 4.79 Å². The van der Waals surface area contributed by atoms with E-state index in [2.05, 4.69) is 20.0 Å². The highest BCUT2D eigenvalue weighted by atomic mass is 19.4. The quantitative estimate of drug-likeness (QED) is 0.665. The average Bonchev–Trinajstić information content (AvgIpc) is 3.41. The Morgan fingerprint density at radius 1 is 1.28 bits per heavy atom. The normalized spacial score (nSPS) is 14.1. The van der Waals surface area contributed by atoms with E-state index in [0.717, 1.165) is 24.6 Å². The van der Waals surface area contributed by atoms with Gasteiger partial charge in [-0.2, -0.15) is 0 Å². The zero-order chi connectivity index (χ0) is 20.6. The number of imidazole rings is 1. The molecule has 1 amide bonds. The number of pyridine rings is 2. The predicted molar refractivity (Wildman–Crippen MR) is 97.2 cm³/mol. The van der Waals surface area contributed by atoms with Crippen molar-refractivity contribution in [3.63, 3.8) is 0 Å². The van der Waals surface area contributed by atoms with E-state index in [4.69, 9.17) is 4.74 Å². The zero-order valence-corrected chi connectivity index (χ0v) is 15.4. The molecule has 0 aromatic carbocycles. The van der Waals surface area contributed by atoms with Crippen LogP contribution in [0.4, 0.5) is 18.9 Å². The summed E-state index contributed by atoms with van der Waals surface area (Å²) in [5.41, 5.74) is 1.80. The summed E-state index contributed by atoms with van der Waals surface area (Å²) in [6.45, 7) is 2.17. The van der Waals surface area contributed by atoms with E-state index >= 15 is 0 Å². The first-order valence-electron chi connectivity index (χ1n) is 9.02. The van der Waals surface area contributed by atoms with Crippen LogP contribution < -0.4 is 14.8 Å². The van der Waals surface area contributed by atoms with E-state index in [0.29, 0.717) is 29.6 Å². The van der Waals surface area contributed by atoms with Crippen molar-refractivity contribution in [3.8, 4) is 11.6 Å². The molecular formula is C19H17F3N4O3. The van der Waals surface area contributed by atoms with Crippen molar-refractivity contribution in [1.29, 1.82) is 0 Å². The van der Waals surface area contributed by atoms with Gasteiger partial charge in [-0.05, 0) is 25.8 Å². The van der Waals surface area contributed by atoms with Crippen LogP contribution in [0, 0.1) is 0 Å². The number of carbonyl (C=O) groups excluding carboxylic acids is 1. The summed E-state index contributed by atoms with van der Waals surface area (Å²) in [4.78, 5) is 20.7. The lowest BCUT2D eigenvalue weighted by Gasteiger charge is -2.13. The fourth-order valence-corrected chi connectivity index (χ4v) is 2.88. The molecule has 4 rings (SSSR count). The smallest absolute Gasteiger partial charge is 0.491 e. The molecule has 0 spiro atoms. The Labute approximate surface area is 163 Å². The Morgan fingerprint density at radius 3 is 2.76 bits per heavy atom. The van der Waals surface area contributed by atoms with Crippen molar-refractivity contribution < 1.29 is 27.4 Å². The second-order valence-electron chi connectivity index (χ2n) is 6.55. The molecule has 0 unspecified atom stereocenters. The molecule has 0 radical (unpaired) electrons. The molecule has 152 valence electrons. The number of ether oxygens (including phenoxy) is 2. The number of alkyl halides is 3. The van der Waals surface area contributed by atoms with E-state index in [9.17, 15) is 18.0 Å². The number of carbonyl (C=O) groups is 1. The lowest BCUT2D eigenvalue weighted by Crippen LogP contribution is -2.20. The van der Waals surface area contributed by atoms with E-state index in [-0.39, 0.29) is 5.69 Å². The third-order valence-electron chi connectivity index (χ3n) is 4.29. The molecule has 3 aromatic heterocycles. The number of hydrogen-bond donors (Lipinski definition) is 1. The van der Waals surface area contributed by atoms with Crippen LogP contribution >= 0.6 is 0 Å². The van der Waals surface area contributed by atoms with Crippen LogP contribution in [-0.2, 0) is 0 Å². The minimum absolute atomic E-state index is 0.224. The number of halogens is 3. The van der Waals surface area contributed by atoms with Crippen LogP contribution in [0.5, 0.6) is 11.6 Å². The molecule has 0 bridgehead atoms. The van der Waals surface area contributed by atoms with Gasteiger partial charge < -0.3 is 19.2 Å². The maximum absolute atomic E-state index is 12.6. The van der Waals surface area contributed by atoms with Crippen LogP contribution in [0.1, 0.15) is 41.9 Å². The van der Waals surface area contributed by atoms with Crippen molar-refractivity contribution >= 4 is 17.2 Å². The Bertz CT molecular complexity index is 1060. The van der Waals surface area contributed by atoms with Crippen LogP contribution in [0.25, 0.3) is 5.65 Å². The highest BCUT2D eigenvalue weighted by Gasteiger charge is 2.32. The number of anilines is 1. The molecule has 0 saturated heterocycles. The summed E-state index contributed by atoms with van der Waals surface area (Å²) in [5, 5.41) is 2.64. The number of rotatable bonds is 6. The first kappa shape index (κ1) is 19.0. The molecule has 1 fully saturated rings. The molecule has 10 heteroatoms. The predicted octanol–water partition coefficient (Wildman–Crippen LogP) is 4.16. The van der Waals surface area contributed by atoms with Crippen LogP contribution in [0.15, 0.2) is 36.7 Å². The van der Waals surface area contributed by atoms with Crippen LogP contribution in [-0.4, -0.2) is 33.2 Å². The molecule has 1 aliphatic carbocycles. The first-order valence-corrected chi connectivity index (χ1v) is 9.02. The summed E-state index contributed by atoms with van der Waals surface area (Å²) in [6.07, 6.45) is 0.874. The molecule has 0 aliphatic heterocycles. The van der Waals surface area contributed by atoms with Gasteiger partial charge in [0.15, 0.2) is 0 Å². The topological polar surface area (TPSA) is 77.8 Å². The van der Waals surface area contributed by atoms with Gasteiger partial charge in [0.25, 0.3) is 5.91 Å². The highest BCUT2D eigenvalue weighted by Crippen LogP contribution is 2.40. The monoisotopic (exact) mass is 406 g/mol. The molecule has 1 aliphatic rings. The van der Waals surface area contributed by atoms with Gasteiger partial charge >= 0.3 is 6.36 Å². The molecule has 29 heavy (non-hydrogen) atoms. The average molecular weight is 406 g/mol. The zero-order valence-electron chi connectivity index (χ0n) is 15.4. The van der Waals surface area contributed by atoms with Crippen LogP contribution in [0.2, 0.25) is 0 Å². The third kappa shape index (κ3) is 4.41. The van der Waals surface area contributed by atoms with E-state index in [1.54, 1.807) is 23.6 Å². The molecule has 3 heterocycles. The molecule has 3 aromatic rings. The van der Waals surface area contributed by atoms with E-state index in [1.807, 2.05) is 6.20 Å². The molecule has 1 saturated carbocycles.